The van der Waals surface area contributed by atoms with Gasteiger partial charge in [0.15, 0.2) is 0 Å². The number of carbonyl (C=O) groups excluding carboxylic acids is 2. The van der Waals surface area contributed by atoms with Crippen LogP contribution in [0.3, 0.4) is 0 Å². The summed E-state index contributed by atoms with van der Waals surface area (Å²) in [6.45, 7) is 8.78. The van der Waals surface area contributed by atoms with Crippen LogP contribution in [0.1, 0.15) is 61.5 Å². The molecule has 2 heterocycles. The zero-order chi connectivity index (χ0) is 22.9. The number of methoxy groups -OCH3 is 1. The van der Waals surface area contributed by atoms with Gasteiger partial charge in [-0.25, -0.2) is 0 Å². The zero-order valence-electron chi connectivity index (χ0n) is 20.1. The SMILES string of the molecule is COCCCNC(=O)CN1CCN(C(=O)/C=C/c2cc(C)n(C3CCCCC3)c2C)CC1. The van der Waals surface area contributed by atoms with Gasteiger partial charge in [-0.05, 0) is 50.8 Å². The number of nitrogens with one attached hydrogen (secondary N) is 1. The average molecular weight is 445 g/mol. The number of amides is 2. The highest BCUT2D eigenvalue weighted by atomic mass is 16.5. The molecule has 0 unspecified atom stereocenters. The van der Waals surface area contributed by atoms with Gasteiger partial charge in [0, 0.05) is 69.9 Å². The summed E-state index contributed by atoms with van der Waals surface area (Å²) < 4.78 is 7.47. The van der Waals surface area contributed by atoms with Crippen LogP contribution in [-0.2, 0) is 14.3 Å². The Labute approximate surface area is 192 Å². The molecule has 2 amide bonds. The highest BCUT2D eigenvalue weighted by molar-refractivity contribution is 5.92. The van der Waals surface area contributed by atoms with Crippen molar-refractivity contribution in [2.24, 2.45) is 0 Å². The van der Waals surface area contributed by atoms with Crippen molar-refractivity contribution in [3.63, 3.8) is 0 Å². The molecule has 3 rings (SSSR count). The van der Waals surface area contributed by atoms with Crippen molar-refractivity contribution in [2.45, 2.75) is 58.4 Å². The summed E-state index contributed by atoms with van der Waals surface area (Å²) in [5, 5.41) is 2.92. The van der Waals surface area contributed by atoms with Crippen molar-refractivity contribution in [3.8, 4) is 0 Å². The molecule has 7 heteroatoms. The van der Waals surface area contributed by atoms with E-state index in [9.17, 15) is 9.59 Å². The van der Waals surface area contributed by atoms with Crippen LogP contribution in [0.4, 0.5) is 0 Å². The van der Waals surface area contributed by atoms with Crippen LogP contribution >= 0.6 is 0 Å². The largest absolute Gasteiger partial charge is 0.385 e. The fourth-order valence-corrected chi connectivity index (χ4v) is 4.97. The fraction of sp³-hybridized carbons (Fsp3) is 0.680. The molecule has 7 nitrogen and oxygen atoms in total. The molecule has 1 aliphatic carbocycles. The average Bonchev–Trinajstić information content (AvgIpc) is 3.09. The molecular weight excluding hydrogens is 404 g/mol. The van der Waals surface area contributed by atoms with E-state index in [1.165, 1.54) is 43.5 Å². The third-order valence-electron chi connectivity index (χ3n) is 6.77. The fourth-order valence-electron chi connectivity index (χ4n) is 4.97. The summed E-state index contributed by atoms with van der Waals surface area (Å²) in [5.74, 6) is 0.0882. The molecule has 1 saturated carbocycles. The van der Waals surface area contributed by atoms with Gasteiger partial charge in [0.25, 0.3) is 0 Å². The van der Waals surface area contributed by atoms with Gasteiger partial charge in [0.1, 0.15) is 0 Å². The van der Waals surface area contributed by atoms with Crippen LogP contribution in [0.15, 0.2) is 12.1 Å². The number of nitrogens with zero attached hydrogens (tertiary/aromatic N) is 3. The van der Waals surface area contributed by atoms with Gasteiger partial charge in [-0.15, -0.1) is 0 Å². The number of piperazine rings is 1. The van der Waals surface area contributed by atoms with E-state index in [1.807, 2.05) is 11.0 Å². The summed E-state index contributed by atoms with van der Waals surface area (Å²) in [6.07, 6.45) is 11.0. The molecule has 0 aromatic carbocycles. The van der Waals surface area contributed by atoms with Crippen molar-refractivity contribution in [3.05, 3.63) is 29.1 Å². The first-order valence-electron chi connectivity index (χ1n) is 12.1. The van der Waals surface area contributed by atoms with Crippen molar-refractivity contribution in [1.82, 2.24) is 19.7 Å². The summed E-state index contributed by atoms with van der Waals surface area (Å²) in [7, 11) is 1.66. The van der Waals surface area contributed by atoms with E-state index < -0.39 is 0 Å². The molecular formula is C25H40N4O3. The normalized spacial score (nSPS) is 18.4. The van der Waals surface area contributed by atoms with Gasteiger partial charge in [0.05, 0.1) is 6.54 Å². The second kappa shape index (κ2) is 12.2. The lowest BCUT2D eigenvalue weighted by Crippen LogP contribution is -2.50. The monoisotopic (exact) mass is 444 g/mol. The van der Waals surface area contributed by atoms with Crippen LogP contribution in [-0.4, -0.2) is 79.2 Å². The summed E-state index contributed by atoms with van der Waals surface area (Å²) in [5.41, 5.74) is 3.69. The van der Waals surface area contributed by atoms with Gasteiger partial charge in [0.2, 0.25) is 11.8 Å². The first kappa shape index (κ1) is 24.5. The van der Waals surface area contributed by atoms with E-state index in [-0.39, 0.29) is 11.8 Å². The number of ether oxygens (including phenoxy) is 1. The molecule has 1 aromatic heterocycles. The van der Waals surface area contributed by atoms with Crippen molar-refractivity contribution in [2.75, 3.05) is 53.0 Å². The second-order valence-electron chi connectivity index (χ2n) is 9.12. The Morgan fingerprint density at radius 2 is 1.84 bits per heavy atom. The van der Waals surface area contributed by atoms with Gasteiger partial charge >= 0.3 is 0 Å². The van der Waals surface area contributed by atoms with Crippen LogP contribution < -0.4 is 5.32 Å². The number of hydrogen-bond donors (Lipinski definition) is 1. The molecule has 32 heavy (non-hydrogen) atoms. The number of carbonyl (C=O) groups is 2. The first-order chi connectivity index (χ1) is 15.5. The Morgan fingerprint density at radius 1 is 1.12 bits per heavy atom. The highest BCUT2D eigenvalue weighted by Gasteiger charge is 2.22. The van der Waals surface area contributed by atoms with E-state index in [1.54, 1.807) is 13.2 Å². The third kappa shape index (κ3) is 6.69. The minimum atomic E-state index is 0.0362. The van der Waals surface area contributed by atoms with Gasteiger partial charge < -0.3 is 19.5 Å². The number of hydrogen-bond acceptors (Lipinski definition) is 4. The maximum Gasteiger partial charge on any atom is 0.246 e. The molecule has 2 aliphatic rings. The zero-order valence-corrected chi connectivity index (χ0v) is 20.1. The molecule has 2 fully saturated rings. The quantitative estimate of drug-likeness (QED) is 0.470. The number of aryl methyl sites for hydroxylation is 1. The Bertz CT molecular complexity index is 787. The van der Waals surface area contributed by atoms with Crippen molar-refractivity contribution in [1.29, 1.82) is 0 Å². The van der Waals surface area contributed by atoms with Gasteiger partial charge in [-0.2, -0.15) is 0 Å². The first-order valence-corrected chi connectivity index (χ1v) is 12.1. The van der Waals surface area contributed by atoms with E-state index in [0.29, 0.717) is 38.8 Å². The third-order valence-corrected chi connectivity index (χ3v) is 6.77. The molecule has 1 saturated heterocycles. The topological polar surface area (TPSA) is 66.8 Å². The second-order valence-corrected chi connectivity index (χ2v) is 9.12. The summed E-state index contributed by atoms with van der Waals surface area (Å²) in [6, 6.07) is 2.81. The van der Waals surface area contributed by atoms with Crippen molar-refractivity contribution >= 4 is 17.9 Å². The summed E-state index contributed by atoms with van der Waals surface area (Å²) >= 11 is 0. The standard InChI is InChI=1S/C25H40N4O3/c1-20-18-22(21(2)29(20)23-8-5-4-6-9-23)10-11-25(31)28-15-13-27(14-16-28)19-24(30)26-12-7-17-32-3/h10-11,18,23H,4-9,12-17,19H2,1-3H3,(H,26,30)/b11-10+. The maximum absolute atomic E-state index is 12.7. The van der Waals surface area contributed by atoms with Crippen LogP contribution in [0, 0.1) is 13.8 Å². The van der Waals surface area contributed by atoms with E-state index in [2.05, 4.69) is 34.7 Å². The lowest BCUT2D eigenvalue weighted by atomic mass is 9.95. The molecule has 178 valence electrons. The Kier molecular flexibility index (Phi) is 9.36. The number of aromatic nitrogens is 1. The number of rotatable bonds is 9. The summed E-state index contributed by atoms with van der Waals surface area (Å²) in [4.78, 5) is 28.8. The van der Waals surface area contributed by atoms with Crippen LogP contribution in [0.25, 0.3) is 6.08 Å². The highest BCUT2D eigenvalue weighted by Crippen LogP contribution is 2.32. The molecule has 0 spiro atoms. The lowest BCUT2D eigenvalue weighted by Gasteiger charge is -2.33. The predicted molar refractivity (Wildman–Crippen MR) is 128 cm³/mol. The van der Waals surface area contributed by atoms with Gasteiger partial charge in [-0.1, -0.05) is 19.3 Å². The predicted octanol–water partition coefficient (Wildman–Crippen LogP) is 2.92. The minimum Gasteiger partial charge on any atom is -0.385 e. The smallest absolute Gasteiger partial charge is 0.246 e. The molecule has 0 atom stereocenters. The van der Waals surface area contributed by atoms with E-state index in [0.717, 1.165) is 25.1 Å². The molecule has 0 bridgehead atoms. The molecule has 1 aromatic rings. The molecule has 1 N–H and O–H groups in total. The van der Waals surface area contributed by atoms with E-state index >= 15 is 0 Å². The van der Waals surface area contributed by atoms with Crippen LogP contribution in [0.5, 0.6) is 0 Å². The Hall–Kier alpha value is -2.12. The van der Waals surface area contributed by atoms with Crippen molar-refractivity contribution < 1.29 is 14.3 Å². The Morgan fingerprint density at radius 3 is 2.53 bits per heavy atom. The minimum absolute atomic E-state index is 0.0362. The van der Waals surface area contributed by atoms with Crippen LogP contribution in [0.2, 0.25) is 0 Å². The Balaban J connectivity index is 1.46. The lowest BCUT2D eigenvalue weighted by molar-refractivity contribution is -0.128. The molecule has 0 radical (unpaired) electrons. The van der Waals surface area contributed by atoms with E-state index in [4.69, 9.17) is 4.74 Å². The van der Waals surface area contributed by atoms with Gasteiger partial charge in [-0.3, -0.25) is 14.5 Å². The molecule has 1 aliphatic heterocycles. The maximum atomic E-state index is 12.7.